The molecule has 2 aliphatic rings. The van der Waals surface area contributed by atoms with Crippen LogP contribution in [0, 0.1) is 0 Å². The summed E-state index contributed by atoms with van der Waals surface area (Å²) in [5.74, 6) is -0.794. The van der Waals surface area contributed by atoms with Crippen LogP contribution in [-0.4, -0.2) is 76.2 Å². The van der Waals surface area contributed by atoms with Crippen molar-refractivity contribution in [1.82, 2.24) is 19.7 Å². The fraction of sp³-hybridized carbons (Fsp3) is 0.619. The van der Waals surface area contributed by atoms with Crippen LogP contribution in [0.3, 0.4) is 0 Å². The third kappa shape index (κ3) is 4.92. The van der Waals surface area contributed by atoms with Gasteiger partial charge in [-0.15, -0.1) is 0 Å². The first-order valence-electron chi connectivity index (χ1n) is 11.0. The van der Waals surface area contributed by atoms with E-state index in [-0.39, 0.29) is 24.3 Å². The minimum absolute atomic E-state index is 0.00978. The molecule has 2 saturated heterocycles. The fourth-order valence-corrected chi connectivity index (χ4v) is 4.58. The van der Waals surface area contributed by atoms with E-state index in [1.54, 1.807) is 6.20 Å². The predicted molar refractivity (Wildman–Crippen MR) is 118 cm³/mol. The summed E-state index contributed by atoms with van der Waals surface area (Å²) in [7, 11) is 1.36. The standard InChI is InChI=1S/C21H26ClN5O7/c1-11(28)32-10-16-15(33-12(2)29)8-17(34-16)27-19-13(9-23-27)18(24-21(22)25-19)26-7-5-4-6-14(26)20(30)31-3/h9,14-17H,4-8,10H2,1-3H3/t14-,15+,16-,17-/m1/s1. The summed E-state index contributed by atoms with van der Waals surface area (Å²) in [4.78, 5) is 45.9. The molecule has 0 aliphatic carbocycles. The van der Waals surface area contributed by atoms with Crippen molar-refractivity contribution in [2.75, 3.05) is 25.2 Å². The van der Waals surface area contributed by atoms with E-state index in [0.29, 0.717) is 29.8 Å². The third-order valence-electron chi connectivity index (χ3n) is 5.88. The Morgan fingerprint density at radius 1 is 1.21 bits per heavy atom. The highest BCUT2D eigenvalue weighted by Gasteiger charge is 2.41. The van der Waals surface area contributed by atoms with Crippen molar-refractivity contribution in [3.63, 3.8) is 0 Å². The average molecular weight is 496 g/mol. The zero-order chi connectivity index (χ0) is 24.4. The normalized spacial score (nSPS) is 24.8. The minimum atomic E-state index is -0.667. The zero-order valence-electron chi connectivity index (χ0n) is 19.1. The lowest BCUT2D eigenvalue weighted by Gasteiger charge is -2.34. The molecule has 184 valence electrons. The first-order chi connectivity index (χ1) is 16.3. The third-order valence-corrected chi connectivity index (χ3v) is 6.04. The van der Waals surface area contributed by atoms with Crippen molar-refractivity contribution in [3.8, 4) is 0 Å². The van der Waals surface area contributed by atoms with Crippen LogP contribution in [0.15, 0.2) is 6.20 Å². The van der Waals surface area contributed by atoms with Crippen LogP contribution in [0.25, 0.3) is 11.0 Å². The number of methoxy groups -OCH3 is 1. The number of hydrogen-bond donors (Lipinski definition) is 0. The average Bonchev–Trinajstić information content (AvgIpc) is 3.39. The molecule has 2 aromatic heterocycles. The van der Waals surface area contributed by atoms with Crippen molar-refractivity contribution in [1.29, 1.82) is 0 Å². The van der Waals surface area contributed by atoms with Gasteiger partial charge in [-0.2, -0.15) is 15.1 Å². The highest BCUT2D eigenvalue weighted by molar-refractivity contribution is 6.28. The number of halogens is 1. The molecule has 2 fully saturated rings. The fourth-order valence-electron chi connectivity index (χ4n) is 4.42. The molecule has 0 unspecified atom stereocenters. The molecule has 2 aromatic rings. The minimum Gasteiger partial charge on any atom is -0.467 e. The van der Waals surface area contributed by atoms with Crippen LogP contribution in [0.2, 0.25) is 5.28 Å². The summed E-state index contributed by atoms with van der Waals surface area (Å²) >= 11 is 6.28. The molecule has 0 amide bonds. The summed E-state index contributed by atoms with van der Waals surface area (Å²) < 4.78 is 23.0. The number of fused-ring (bicyclic) bond motifs is 1. The van der Waals surface area contributed by atoms with E-state index < -0.39 is 36.4 Å². The van der Waals surface area contributed by atoms with E-state index in [4.69, 9.17) is 30.5 Å². The molecule has 4 rings (SSSR count). The predicted octanol–water partition coefficient (Wildman–Crippen LogP) is 1.79. The molecule has 0 spiro atoms. The first-order valence-corrected chi connectivity index (χ1v) is 11.4. The number of aromatic nitrogens is 4. The zero-order valence-corrected chi connectivity index (χ0v) is 19.9. The Morgan fingerprint density at radius 2 is 2.00 bits per heavy atom. The number of esters is 3. The monoisotopic (exact) mass is 495 g/mol. The maximum Gasteiger partial charge on any atom is 0.328 e. The molecule has 4 atom stereocenters. The number of rotatable bonds is 6. The van der Waals surface area contributed by atoms with E-state index in [0.717, 1.165) is 12.8 Å². The highest BCUT2D eigenvalue weighted by Crippen LogP contribution is 2.36. The molecule has 4 heterocycles. The summed E-state index contributed by atoms with van der Waals surface area (Å²) in [5.41, 5.74) is 0.406. The van der Waals surface area contributed by atoms with Gasteiger partial charge < -0.3 is 23.8 Å². The molecule has 0 bridgehead atoms. The van der Waals surface area contributed by atoms with Gasteiger partial charge in [0, 0.05) is 26.8 Å². The number of nitrogens with zero attached hydrogens (tertiary/aromatic N) is 5. The van der Waals surface area contributed by atoms with E-state index in [9.17, 15) is 14.4 Å². The van der Waals surface area contributed by atoms with Gasteiger partial charge in [0.25, 0.3) is 0 Å². The summed E-state index contributed by atoms with van der Waals surface area (Å²) in [5, 5.41) is 5.03. The SMILES string of the molecule is COC(=O)[C@H]1CCCCN1c1nc(Cl)nc2c1cnn2[C@H]1C[C@H](OC(C)=O)[C@@H](COC(C)=O)O1. The van der Waals surface area contributed by atoms with Crippen LogP contribution in [0.1, 0.15) is 45.8 Å². The van der Waals surface area contributed by atoms with Crippen molar-refractivity contribution in [2.24, 2.45) is 0 Å². The molecular formula is C21H26ClN5O7. The van der Waals surface area contributed by atoms with E-state index in [1.807, 2.05) is 4.90 Å². The molecular weight excluding hydrogens is 470 g/mol. The Kier molecular flexibility index (Phi) is 7.17. The second-order valence-electron chi connectivity index (χ2n) is 8.19. The van der Waals surface area contributed by atoms with Crippen molar-refractivity contribution < 1.29 is 33.3 Å². The van der Waals surface area contributed by atoms with Gasteiger partial charge in [0.05, 0.1) is 18.7 Å². The van der Waals surface area contributed by atoms with Crippen LogP contribution >= 0.6 is 11.6 Å². The number of anilines is 1. The van der Waals surface area contributed by atoms with Crippen LogP contribution in [0.4, 0.5) is 5.82 Å². The summed E-state index contributed by atoms with van der Waals surface area (Å²) in [6, 6.07) is -0.486. The van der Waals surface area contributed by atoms with Gasteiger partial charge in [0.15, 0.2) is 11.9 Å². The summed E-state index contributed by atoms with van der Waals surface area (Å²) in [6.45, 7) is 3.12. The molecule has 0 saturated carbocycles. The molecule has 2 aliphatic heterocycles. The Morgan fingerprint density at radius 3 is 2.71 bits per heavy atom. The highest BCUT2D eigenvalue weighted by atomic mass is 35.5. The molecule has 12 nitrogen and oxygen atoms in total. The van der Waals surface area contributed by atoms with E-state index >= 15 is 0 Å². The largest absolute Gasteiger partial charge is 0.467 e. The van der Waals surface area contributed by atoms with Crippen molar-refractivity contribution >= 4 is 46.4 Å². The Labute approximate surface area is 200 Å². The number of carbonyl (C=O) groups is 3. The van der Waals surface area contributed by atoms with Gasteiger partial charge in [-0.25, -0.2) is 9.48 Å². The Balaban J connectivity index is 1.67. The maximum absolute atomic E-state index is 12.4. The Hall–Kier alpha value is -2.99. The molecule has 0 N–H and O–H groups in total. The van der Waals surface area contributed by atoms with Gasteiger partial charge in [0.1, 0.15) is 30.7 Å². The van der Waals surface area contributed by atoms with Crippen LogP contribution < -0.4 is 4.90 Å². The molecule has 0 radical (unpaired) electrons. The number of hydrogen-bond acceptors (Lipinski definition) is 11. The number of piperidine rings is 1. The first kappa shape index (κ1) is 24.1. The van der Waals surface area contributed by atoms with Gasteiger partial charge in [-0.05, 0) is 30.9 Å². The van der Waals surface area contributed by atoms with Gasteiger partial charge in [-0.3, -0.25) is 9.59 Å². The maximum atomic E-state index is 12.4. The van der Waals surface area contributed by atoms with Crippen LogP contribution in [-0.2, 0) is 33.3 Å². The summed E-state index contributed by atoms with van der Waals surface area (Å²) in [6.07, 6.45) is 2.33. The van der Waals surface area contributed by atoms with E-state index in [2.05, 4.69) is 15.1 Å². The van der Waals surface area contributed by atoms with Crippen molar-refractivity contribution in [3.05, 3.63) is 11.5 Å². The van der Waals surface area contributed by atoms with Gasteiger partial charge in [0.2, 0.25) is 5.28 Å². The Bertz CT molecular complexity index is 1090. The van der Waals surface area contributed by atoms with Gasteiger partial charge >= 0.3 is 17.9 Å². The molecule has 0 aromatic carbocycles. The molecule has 13 heteroatoms. The lowest BCUT2D eigenvalue weighted by Crippen LogP contribution is -2.46. The molecule has 34 heavy (non-hydrogen) atoms. The van der Waals surface area contributed by atoms with Crippen molar-refractivity contribution in [2.45, 2.75) is 64.0 Å². The number of carbonyl (C=O) groups excluding carboxylic acids is 3. The lowest BCUT2D eigenvalue weighted by molar-refractivity contribution is -0.155. The van der Waals surface area contributed by atoms with Crippen LogP contribution in [0.5, 0.6) is 0 Å². The quantitative estimate of drug-likeness (QED) is 0.329. The second-order valence-corrected chi connectivity index (χ2v) is 8.52. The topological polar surface area (TPSA) is 135 Å². The number of ether oxygens (including phenoxy) is 4. The second kappa shape index (κ2) is 10.1. The van der Waals surface area contributed by atoms with E-state index in [1.165, 1.54) is 25.6 Å². The smallest absolute Gasteiger partial charge is 0.328 e. The van der Waals surface area contributed by atoms with Gasteiger partial charge in [-0.1, -0.05) is 0 Å². The lowest BCUT2D eigenvalue weighted by atomic mass is 10.0.